The zero-order chi connectivity index (χ0) is 27.6. The molecule has 1 aliphatic rings. The van der Waals surface area contributed by atoms with Crippen molar-refractivity contribution in [2.45, 2.75) is 0 Å². The highest BCUT2D eigenvalue weighted by Crippen LogP contribution is 2.28. The van der Waals surface area contributed by atoms with Crippen LogP contribution < -0.4 is 25.1 Å². The minimum Gasteiger partial charge on any atom is -0.495 e. The first-order valence-electron chi connectivity index (χ1n) is 12.2. The number of carbonyl (C=O) groups excluding carboxylic acids is 3. The molecule has 2 N–H and O–H groups in total. The molecule has 1 saturated heterocycles. The van der Waals surface area contributed by atoms with E-state index in [0.717, 1.165) is 11.4 Å². The minimum atomic E-state index is -0.803. The second-order valence-corrected chi connectivity index (χ2v) is 9.00. The molecule has 3 aromatic carbocycles. The van der Waals surface area contributed by atoms with E-state index in [0.29, 0.717) is 48.2 Å². The highest BCUT2D eigenvalue weighted by atomic mass is 35.5. The summed E-state index contributed by atoms with van der Waals surface area (Å²) >= 11 is 5.91. The number of para-hydroxylation sites is 2. The lowest BCUT2D eigenvalue weighted by Gasteiger charge is -2.36. The molecular weight excluding hydrogens is 522 g/mol. The topological polar surface area (TPSA) is 113 Å². The van der Waals surface area contributed by atoms with E-state index in [9.17, 15) is 14.4 Å². The van der Waals surface area contributed by atoms with E-state index in [4.69, 9.17) is 21.1 Å². The Morgan fingerprint density at radius 1 is 0.974 bits per heavy atom. The number of amides is 3. The molecular formula is C28H28ClN5O5. The maximum Gasteiger partial charge on any atom is 0.329 e. The molecule has 0 aliphatic carbocycles. The van der Waals surface area contributed by atoms with Gasteiger partial charge < -0.3 is 24.6 Å². The van der Waals surface area contributed by atoms with E-state index in [-0.39, 0.29) is 12.5 Å². The van der Waals surface area contributed by atoms with Crippen molar-refractivity contribution < 1.29 is 23.9 Å². The molecule has 0 aromatic heterocycles. The van der Waals surface area contributed by atoms with Gasteiger partial charge in [-0.05, 0) is 60.2 Å². The molecule has 0 saturated carbocycles. The van der Waals surface area contributed by atoms with Gasteiger partial charge in [-0.3, -0.25) is 14.4 Å². The number of carbonyl (C=O) groups is 3. The quantitative estimate of drug-likeness (QED) is 0.253. The summed E-state index contributed by atoms with van der Waals surface area (Å²) in [6, 6.07) is 21.3. The van der Waals surface area contributed by atoms with Gasteiger partial charge in [0.1, 0.15) is 11.5 Å². The first kappa shape index (κ1) is 27.5. The number of anilines is 2. The van der Waals surface area contributed by atoms with Crippen molar-refractivity contribution in [1.82, 2.24) is 10.3 Å². The van der Waals surface area contributed by atoms with Crippen LogP contribution in [-0.2, 0) is 14.4 Å². The summed E-state index contributed by atoms with van der Waals surface area (Å²) in [5.41, 5.74) is 4.49. The second kappa shape index (κ2) is 13.3. The second-order valence-electron chi connectivity index (χ2n) is 8.57. The summed E-state index contributed by atoms with van der Waals surface area (Å²) in [6.45, 7) is 1.81. The highest BCUT2D eigenvalue weighted by Gasteiger charge is 2.26. The van der Waals surface area contributed by atoms with Crippen molar-refractivity contribution in [3.63, 3.8) is 0 Å². The Hall–Kier alpha value is -4.57. The lowest BCUT2D eigenvalue weighted by atomic mass is 10.2. The van der Waals surface area contributed by atoms with Gasteiger partial charge in [-0.1, -0.05) is 29.8 Å². The Balaban J connectivity index is 1.19. The fourth-order valence-electron chi connectivity index (χ4n) is 3.96. The normalized spacial score (nSPS) is 13.2. The van der Waals surface area contributed by atoms with Crippen LogP contribution in [0.4, 0.5) is 11.4 Å². The van der Waals surface area contributed by atoms with E-state index < -0.39 is 11.8 Å². The first-order valence-corrected chi connectivity index (χ1v) is 12.6. The van der Waals surface area contributed by atoms with Gasteiger partial charge in [0.05, 0.1) is 19.0 Å². The summed E-state index contributed by atoms with van der Waals surface area (Å²) in [5.74, 6) is -0.506. The molecule has 3 aromatic rings. The molecule has 1 fully saturated rings. The van der Waals surface area contributed by atoms with E-state index in [1.807, 2.05) is 24.3 Å². The third-order valence-electron chi connectivity index (χ3n) is 5.93. The van der Waals surface area contributed by atoms with Crippen LogP contribution in [0.1, 0.15) is 5.56 Å². The molecule has 3 amide bonds. The zero-order valence-electron chi connectivity index (χ0n) is 21.3. The van der Waals surface area contributed by atoms with E-state index in [1.165, 1.54) is 11.1 Å². The van der Waals surface area contributed by atoms with Gasteiger partial charge in [-0.25, -0.2) is 5.43 Å². The third-order valence-corrected chi connectivity index (χ3v) is 6.16. The molecule has 39 heavy (non-hydrogen) atoms. The lowest BCUT2D eigenvalue weighted by molar-refractivity contribution is -0.146. The molecule has 202 valence electrons. The maximum atomic E-state index is 12.6. The number of ether oxygens (including phenoxy) is 2. The van der Waals surface area contributed by atoms with E-state index >= 15 is 0 Å². The van der Waals surface area contributed by atoms with Gasteiger partial charge in [-0.15, -0.1) is 0 Å². The monoisotopic (exact) mass is 549 g/mol. The van der Waals surface area contributed by atoms with E-state index in [1.54, 1.807) is 55.6 Å². The Morgan fingerprint density at radius 3 is 2.44 bits per heavy atom. The smallest absolute Gasteiger partial charge is 0.329 e. The molecule has 1 aliphatic heterocycles. The SMILES string of the molecule is COc1ccccc1N1CCN(C(=O)C(=O)NN=Cc2ccc(OCC(=O)Nc3cccc(Cl)c3)cc2)CC1. The number of benzene rings is 3. The number of rotatable bonds is 8. The van der Waals surface area contributed by atoms with Gasteiger partial charge in [0.15, 0.2) is 6.61 Å². The number of nitrogens with zero attached hydrogens (tertiary/aromatic N) is 3. The summed E-state index contributed by atoms with van der Waals surface area (Å²) in [6.07, 6.45) is 1.42. The molecule has 0 unspecified atom stereocenters. The molecule has 11 heteroatoms. The number of hydrogen-bond acceptors (Lipinski definition) is 7. The Kier molecular flexibility index (Phi) is 9.36. The largest absolute Gasteiger partial charge is 0.495 e. The lowest BCUT2D eigenvalue weighted by Crippen LogP contribution is -2.52. The fraction of sp³-hybridized carbons (Fsp3) is 0.214. The highest BCUT2D eigenvalue weighted by molar-refractivity contribution is 6.35. The van der Waals surface area contributed by atoms with Crippen molar-refractivity contribution in [3.05, 3.63) is 83.4 Å². The Labute approximate surface area is 231 Å². The van der Waals surface area contributed by atoms with E-state index in [2.05, 4.69) is 20.7 Å². The van der Waals surface area contributed by atoms with Crippen molar-refractivity contribution in [2.75, 3.05) is 50.1 Å². The average Bonchev–Trinajstić information content (AvgIpc) is 2.96. The number of piperazine rings is 1. The maximum absolute atomic E-state index is 12.6. The van der Waals surface area contributed by atoms with Crippen LogP contribution in [0, 0.1) is 0 Å². The molecule has 0 spiro atoms. The Bertz CT molecular complexity index is 1340. The third kappa shape index (κ3) is 7.71. The number of hydrazone groups is 1. The fourth-order valence-corrected chi connectivity index (χ4v) is 4.15. The van der Waals surface area contributed by atoms with Gasteiger partial charge >= 0.3 is 11.8 Å². The standard InChI is InChI=1S/C28H28ClN5O5/c1-38-25-8-3-2-7-24(25)33-13-15-34(16-14-33)28(37)27(36)32-30-18-20-9-11-23(12-10-20)39-19-26(35)31-22-6-4-5-21(29)17-22/h2-12,17-18H,13-16,19H2,1H3,(H,31,35)(H,32,36). The van der Waals surface area contributed by atoms with Crippen molar-refractivity contribution in [1.29, 1.82) is 0 Å². The van der Waals surface area contributed by atoms with Crippen LogP contribution in [0.5, 0.6) is 11.5 Å². The predicted octanol–water partition coefficient (Wildman–Crippen LogP) is 3.17. The molecule has 0 atom stereocenters. The molecule has 0 bridgehead atoms. The van der Waals surface area contributed by atoms with Gasteiger partial charge in [0.2, 0.25) is 0 Å². The summed E-state index contributed by atoms with van der Waals surface area (Å²) in [7, 11) is 1.62. The molecule has 10 nitrogen and oxygen atoms in total. The van der Waals surface area contributed by atoms with Crippen LogP contribution in [0.2, 0.25) is 5.02 Å². The van der Waals surface area contributed by atoms with Crippen LogP contribution in [-0.4, -0.2) is 68.7 Å². The summed E-state index contributed by atoms with van der Waals surface area (Å²) in [5, 5.41) is 7.11. The summed E-state index contributed by atoms with van der Waals surface area (Å²) < 4.78 is 10.9. The minimum absolute atomic E-state index is 0.175. The number of nitrogens with one attached hydrogen (secondary N) is 2. The van der Waals surface area contributed by atoms with Gasteiger partial charge in [0.25, 0.3) is 5.91 Å². The van der Waals surface area contributed by atoms with Crippen LogP contribution in [0.15, 0.2) is 77.9 Å². The number of hydrogen-bond donors (Lipinski definition) is 2. The number of methoxy groups -OCH3 is 1. The average molecular weight is 550 g/mol. The van der Waals surface area contributed by atoms with Crippen LogP contribution in [0.3, 0.4) is 0 Å². The van der Waals surface area contributed by atoms with Gasteiger partial charge in [-0.2, -0.15) is 5.10 Å². The van der Waals surface area contributed by atoms with Crippen LogP contribution >= 0.6 is 11.6 Å². The predicted molar refractivity (Wildman–Crippen MR) is 150 cm³/mol. The Morgan fingerprint density at radius 2 is 1.72 bits per heavy atom. The zero-order valence-corrected chi connectivity index (χ0v) is 22.1. The molecule has 4 rings (SSSR count). The summed E-state index contributed by atoms with van der Waals surface area (Å²) in [4.78, 5) is 40.6. The number of halogens is 1. The van der Waals surface area contributed by atoms with Crippen LogP contribution in [0.25, 0.3) is 0 Å². The van der Waals surface area contributed by atoms with Crippen molar-refractivity contribution in [3.8, 4) is 11.5 Å². The van der Waals surface area contributed by atoms with Crippen molar-refractivity contribution in [2.24, 2.45) is 5.10 Å². The molecule has 1 heterocycles. The first-order chi connectivity index (χ1) is 18.9. The van der Waals surface area contributed by atoms with Crippen molar-refractivity contribution >= 4 is 46.9 Å². The molecule has 0 radical (unpaired) electrons. The van der Waals surface area contributed by atoms with Gasteiger partial charge in [0, 0.05) is 36.9 Å².